The lowest BCUT2D eigenvalue weighted by molar-refractivity contribution is 0.628. The summed E-state index contributed by atoms with van der Waals surface area (Å²) in [7, 11) is 0. The van der Waals surface area contributed by atoms with Crippen molar-refractivity contribution >= 4 is 39.9 Å². The van der Waals surface area contributed by atoms with Crippen LogP contribution in [0.25, 0.3) is 33.1 Å². The lowest BCUT2D eigenvalue weighted by Gasteiger charge is -2.08. The van der Waals surface area contributed by atoms with Gasteiger partial charge in [-0.3, -0.25) is 0 Å². The minimum absolute atomic E-state index is 0. The average Bonchev–Trinajstić information content (AvgIpc) is 2.54. The summed E-state index contributed by atoms with van der Waals surface area (Å²) >= 11 is 0. The molecule has 4 aromatic rings. The van der Waals surface area contributed by atoms with E-state index < -0.39 is 0 Å². The minimum Gasteiger partial charge on any atom is -0.383 e. The Labute approximate surface area is 138 Å². The number of nitrogens with two attached hydrogens (primary N) is 1. The van der Waals surface area contributed by atoms with Gasteiger partial charge in [0, 0.05) is 16.3 Å². The number of aromatic nitrogens is 2. The third-order valence-corrected chi connectivity index (χ3v) is 3.70. The van der Waals surface area contributed by atoms with Crippen molar-refractivity contribution in [2.75, 3.05) is 5.73 Å². The molecule has 0 atom stereocenters. The summed E-state index contributed by atoms with van der Waals surface area (Å²) in [5.74, 6) is 0.508. The molecule has 0 saturated heterocycles. The standard InChI is InChI=1S/C18H12FN3.ClH/c19-13-6-3-5-12(10-13)18-21-16-14-7-2-1-4-11(14)8-9-15(16)17(20)22-18;/h1-10H,(H2,20,21,22);1H. The Kier molecular flexibility index (Phi) is 3.84. The Bertz CT molecular complexity index is 1020. The molecular weight excluding hydrogens is 313 g/mol. The van der Waals surface area contributed by atoms with Crippen LogP contribution in [0.2, 0.25) is 0 Å². The van der Waals surface area contributed by atoms with Gasteiger partial charge in [0.1, 0.15) is 11.6 Å². The van der Waals surface area contributed by atoms with Gasteiger partial charge in [0.05, 0.1) is 5.52 Å². The van der Waals surface area contributed by atoms with Crippen LogP contribution in [0.1, 0.15) is 0 Å². The smallest absolute Gasteiger partial charge is 0.162 e. The lowest BCUT2D eigenvalue weighted by Crippen LogP contribution is -1.98. The summed E-state index contributed by atoms with van der Waals surface area (Å²) in [6.45, 7) is 0. The van der Waals surface area contributed by atoms with Crippen molar-refractivity contribution in [2.45, 2.75) is 0 Å². The van der Waals surface area contributed by atoms with E-state index in [1.54, 1.807) is 12.1 Å². The van der Waals surface area contributed by atoms with E-state index in [4.69, 9.17) is 5.73 Å². The molecule has 1 heterocycles. The second-order valence-corrected chi connectivity index (χ2v) is 5.13. The van der Waals surface area contributed by atoms with Crippen molar-refractivity contribution in [3.63, 3.8) is 0 Å². The first-order valence-corrected chi connectivity index (χ1v) is 6.93. The van der Waals surface area contributed by atoms with E-state index in [0.717, 1.165) is 21.7 Å². The van der Waals surface area contributed by atoms with E-state index in [0.29, 0.717) is 17.2 Å². The largest absolute Gasteiger partial charge is 0.383 e. The monoisotopic (exact) mass is 325 g/mol. The average molecular weight is 326 g/mol. The molecule has 0 saturated carbocycles. The molecule has 0 bridgehead atoms. The molecule has 0 aliphatic carbocycles. The number of nitrogen functional groups attached to an aromatic ring is 1. The summed E-state index contributed by atoms with van der Waals surface area (Å²) in [5, 5.41) is 2.89. The first-order valence-electron chi connectivity index (χ1n) is 6.93. The van der Waals surface area contributed by atoms with Crippen molar-refractivity contribution in [3.8, 4) is 11.4 Å². The summed E-state index contributed by atoms with van der Waals surface area (Å²) < 4.78 is 13.4. The van der Waals surface area contributed by atoms with Crippen molar-refractivity contribution in [2.24, 2.45) is 0 Å². The fraction of sp³-hybridized carbons (Fsp3) is 0. The molecule has 0 unspecified atom stereocenters. The number of benzene rings is 3. The van der Waals surface area contributed by atoms with Gasteiger partial charge in [-0.15, -0.1) is 12.4 Å². The van der Waals surface area contributed by atoms with Crippen LogP contribution in [-0.2, 0) is 0 Å². The number of rotatable bonds is 1. The SMILES string of the molecule is Cl.Nc1nc(-c2cccc(F)c2)nc2c1ccc1ccccc12. The van der Waals surface area contributed by atoms with Crippen LogP contribution < -0.4 is 5.73 Å². The Morgan fingerprint density at radius 3 is 2.48 bits per heavy atom. The highest BCUT2D eigenvalue weighted by atomic mass is 35.5. The van der Waals surface area contributed by atoms with E-state index in [-0.39, 0.29) is 18.2 Å². The number of nitrogens with zero attached hydrogens (tertiary/aromatic N) is 2. The summed E-state index contributed by atoms with van der Waals surface area (Å²) in [6.07, 6.45) is 0. The van der Waals surface area contributed by atoms with Gasteiger partial charge in [-0.05, 0) is 23.6 Å². The Morgan fingerprint density at radius 1 is 0.826 bits per heavy atom. The molecular formula is C18H13ClFN3. The molecule has 2 N–H and O–H groups in total. The maximum absolute atomic E-state index is 13.4. The Balaban J connectivity index is 0.00000156. The van der Waals surface area contributed by atoms with Crippen LogP contribution in [-0.4, -0.2) is 9.97 Å². The van der Waals surface area contributed by atoms with E-state index in [9.17, 15) is 4.39 Å². The van der Waals surface area contributed by atoms with Gasteiger partial charge in [0.2, 0.25) is 0 Å². The molecule has 23 heavy (non-hydrogen) atoms. The van der Waals surface area contributed by atoms with Gasteiger partial charge in [0.15, 0.2) is 5.82 Å². The second-order valence-electron chi connectivity index (χ2n) is 5.13. The third-order valence-electron chi connectivity index (χ3n) is 3.70. The van der Waals surface area contributed by atoms with Crippen molar-refractivity contribution in [1.29, 1.82) is 0 Å². The normalized spacial score (nSPS) is 10.7. The molecule has 0 amide bonds. The molecule has 5 heteroatoms. The highest BCUT2D eigenvalue weighted by Crippen LogP contribution is 2.29. The van der Waals surface area contributed by atoms with Gasteiger partial charge in [0.25, 0.3) is 0 Å². The van der Waals surface area contributed by atoms with Crippen LogP contribution in [0.5, 0.6) is 0 Å². The van der Waals surface area contributed by atoms with E-state index >= 15 is 0 Å². The predicted octanol–water partition coefficient (Wildman–Crippen LogP) is 4.59. The zero-order valence-corrected chi connectivity index (χ0v) is 12.8. The molecule has 114 valence electrons. The highest BCUT2D eigenvalue weighted by molar-refractivity contribution is 6.08. The van der Waals surface area contributed by atoms with Gasteiger partial charge in [-0.2, -0.15) is 0 Å². The molecule has 1 aromatic heterocycles. The fourth-order valence-corrected chi connectivity index (χ4v) is 2.64. The zero-order chi connectivity index (χ0) is 15.1. The molecule has 0 aliphatic heterocycles. The van der Waals surface area contributed by atoms with Crippen LogP contribution in [0.3, 0.4) is 0 Å². The third kappa shape index (κ3) is 2.58. The fourth-order valence-electron chi connectivity index (χ4n) is 2.64. The first kappa shape index (κ1) is 15.2. The minimum atomic E-state index is -0.322. The van der Waals surface area contributed by atoms with Crippen molar-refractivity contribution in [3.05, 3.63) is 66.5 Å². The summed E-state index contributed by atoms with van der Waals surface area (Å²) in [4.78, 5) is 8.94. The topological polar surface area (TPSA) is 51.8 Å². The van der Waals surface area contributed by atoms with Gasteiger partial charge < -0.3 is 5.73 Å². The summed E-state index contributed by atoms with van der Waals surface area (Å²) in [5.41, 5.74) is 7.47. The van der Waals surface area contributed by atoms with Crippen LogP contribution in [0.4, 0.5) is 10.2 Å². The van der Waals surface area contributed by atoms with Gasteiger partial charge in [-0.25, -0.2) is 14.4 Å². The predicted molar refractivity (Wildman–Crippen MR) is 94.1 cm³/mol. The number of anilines is 1. The molecule has 0 aliphatic rings. The second kappa shape index (κ2) is 5.82. The van der Waals surface area contributed by atoms with E-state index in [1.165, 1.54) is 12.1 Å². The zero-order valence-electron chi connectivity index (χ0n) is 12.0. The number of hydrogen-bond donors (Lipinski definition) is 1. The summed E-state index contributed by atoms with van der Waals surface area (Å²) in [6, 6.07) is 18.1. The van der Waals surface area contributed by atoms with Crippen LogP contribution in [0.15, 0.2) is 60.7 Å². The first-order chi connectivity index (χ1) is 10.7. The van der Waals surface area contributed by atoms with Gasteiger partial charge in [-0.1, -0.05) is 42.5 Å². The number of hydrogen-bond acceptors (Lipinski definition) is 3. The van der Waals surface area contributed by atoms with E-state index in [2.05, 4.69) is 9.97 Å². The van der Waals surface area contributed by atoms with Crippen LogP contribution in [0, 0.1) is 5.82 Å². The Morgan fingerprint density at radius 2 is 1.65 bits per heavy atom. The maximum Gasteiger partial charge on any atom is 0.162 e. The molecule has 0 radical (unpaired) electrons. The quantitative estimate of drug-likeness (QED) is 0.521. The maximum atomic E-state index is 13.4. The molecule has 0 fully saturated rings. The van der Waals surface area contributed by atoms with Crippen LogP contribution >= 0.6 is 12.4 Å². The lowest BCUT2D eigenvalue weighted by atomic mass is 10.1. The number of halogens is 2. The highest BCUT2D eigenvalue weighted by Gasteiger charge is 2.10. The molecule has 0 spiro atoms. The molecule has 3 nitrogen and oxygen atoms in total. The number of fused-ring (bicyclic) bond motifs is 3. The molecule has 3 aromatic carbocycles. The van der Waals surface area contributed by atoms with Gasteiger partial charge >= 0.3 is 0 Å². The van der Waals surface area contributed by atoms with Crippen molar-refractivity contribution < 1.29 is 4.39 Å². The van der Waals surface area contributed by atoms with E-state index in [1.807, 2.05) is 36.4 Å². The Hall–Kier alpha value is -2.72. The molecule has 4 rings (SSSR count). The van der Waals surface area contributed by atoms with Crippen molar-refractivity contribution in [1.82, 2.24) is 9.97 Å².